The van der Waals surface area contributed by atoms with Gasteiger partial charge in [0.25, 0.3) is 0 Å². The van der Waals surface area contributed by atoms with Gasteiger partial charge in [-0.2, -0.15) is 0 Å². The third-order valence-electron chi connectivity index (χ3n) is 3.21. The maximum absolute atomic E-state index is 11.5. The van der Waals surface area contributed by atoms with Gasteiger partial charge in [0.15, 0.2) is 17.4 Å². The van der Waals surface area contributed by atoms with E-state index in [0.29, 0.717) is 18.3 Å². The van der Waals surface area contributed by atoms with Gasteiger partial charge in [-0.3, -0.25) is 4.79 Å². The minimum absolute atomic E-state index is 0.00230. The van der Waals surface area contributed by atoms with Gasteiger partial charge in [-0.1, -0.05) is 6.92 Å². The Hall–Kier alpha value is -1.65. The van der Waals surface area contributed by atoms with Crippen LogP contribution in [0.5, 0.6) is 0 Å². The van der Waals surface area contributed by atoms with E-state index >= 15 is 0 Å². The lowest BCUT2D eigenvalue weighted by Crippen LogP contribution is -2.32. The molecule has 3 heterocycles. The average molecular weight is 218 g/mol. The minimum atomic E-state index is -0.00230. The second-order valence-electron chi connectivity index (χ2n) is 4.28. The fraction of sp³-hybridized carbons (Fsp3) is 0.545. The lowest BCUT2D eigenvalue weighted by atomic mass is 10.2. The van der Waals surface area contributed by atoms with Gasteiger partial charge in [-0.25, -0.2) is 9.97 Å². The molecule has 0 aromatic carbocycles. The molecule has 3 rings (SSSR count). The monoisotopic (exact) mass is 218 g/mol. The van der Waals surface area contributed by atoms with Gasteiger partial charge in [0.1, 0.15) is 0 Å². The summed E-state index contributed by atoms with van der Waals surface area (Å²) in [5.41, 5.74) is 1.03. The SMILES string of the molecule is CCC(=O)c1ncc2c(n1)NC1CCN2C1. The number of carbonyl (C=O) groups is 1. The molecule has 1 aromatic rings. The van der Waals surface area contributed by atoms with Crippen molar-refractivity contribution in [2.75, 3.05) is 23.3 Å². The lowest BCUT2D eigenvalue weighted by molar-refractivity contribution is 0.0978. The van der Waals surface area contributed by atoms with Crippen molar-refractivity contribution in [1.29, 1.82) is 0 Å². The molecule has 1 N–H and O–H groups in total. The van der Waals surface area contributed by atoms with Crippen LogP contribution in [0.4, 0.5) is 11.5 Å². The molecular formula is C11H14N4O. The smallest absolute Gasteiger partial charge is 0.199 e. The van der Waals surface area contributed by atoms with Gasteiger partial charge in [-0.15, -0.1) is 0 Å². The highest BCUT2D eigenvalue weighted by Crippen LogP contribution is 2.33. The normalized spacial score (nSPS) is 21.6. The zero-order valence-corrected chi connectivity index (χ0v) is 9.23. The highest BCUT2D eigenvalue weighted by atomic mass is 16.1. The van der Waals surface area contributed by atoms with Gasteiger partial charge < -0.3 is 10.2 Å². The van der Waals surface area contributed by atoms with E-state index in [0.717, 1.165) is 31.0 Å². The minimum Gasteiger partial charge on any atom is -0.365 e. The van der Waals surface area contributed by atoms with E-state index < -0.39 is 0 Å². The molecule has 1 fully saturated rings. The van der Waals surface area contributed by atoms with E-state index in [1.807, 2.05) is 6.92 Å². The Bertz CT molecular complexity index is 446. The molecule has 2 bridgehead atoms. The molecule has 84 valence electrons. The quantitative estimate of drug-likeness (QED) is 0.752. The number of anilines is 2. The van der Waals surface area contributed by atoms with Gasteiger partial charge >= 0.3 is 0 Å². The first-order valence-electron chi connectivity index (χ1n) is 5.69. The van der Waals surface area contributed by atoms with Crippen molar-refractivity contribution in [2.24, 2.45) is 0 Å². The summed E-state index contributed by atoms with van der Waals surface area (Å²) in [6.45, 7) is 3.90. The molecule has 0 spiro atoms. The van der Waals surface area contributed by atoms with E-state index in [-0.39, 0.29) is 5.78 Å². The highest BCUT2D eigenvalue weighted by molar-refractivity contribution is 5.93. The summed E-state index contributed by atoms with van der Waals surface area (Å²) < 4.78 is 0. The Labute approximate surface area is 93.9 Å². The molecule has 5 heteroatoms. The number of Topliss-reactive ketones (excluding diaryl/α,β-unsaturated/α-hetero) is 1. The predicted octanol–water partition coefficient (Wildman–Crippen LogP) is 1.07. The molecule has 0 radical (unpaired) electrons. The van der Waals surface area contributed by atoms with Crippen molar-refractivity contribution in [2.45, 2.75) is 25.8 Å². The topological polar surface area (TPSA) is 58.1 Å². The molecule has 2 aliphatic heterocycles. The molecule has 0 saturated carbocycles. The molecule has 1 atom stereocenters. The Morgan fingerprint density at radius 1 is 1.69 bits per heavy atom. The fourth-order valence-corrected chi connectivity index (χ4v) is 2.30. The zero-order chi connectivity index (χ0) is 11.1. The molecule has 1 unspecified atom stereocenters. The van der Waals surface area contributed by atoms with Crippen LogP contribution in [-0.2, 0) is 0 Å². The van der Waals surface area contributed by atoms with Crippen LogP contribution in [-0.4, -0.2) is 34.9 Å². The van der Waals surface area contributed by atoms with Crippen LogP contribution in [0, 0.1) is 0 Å². The van der Waals surface area contributed by atoms with Crippen LogP contribution in [0.2, 0.25) is 0 Å². The number of hydrogen-bond acceptors (Lipinski definition) is 5. The summed E-state index contributed by atoms with van der Waals surface area (Å²) in [6, 6.07) is 0.479. The van der Waals surface area contributed by atoms with Crippen molar-refractivity contribution in [3.05, 3.63) is 12.0 Å². The van der Waals surface area contributed by atoms with E-state index in [1.165, 1.54) is 0 Å². The van der Waals surface area contributed by atoms with Gasteiger partial charge in [0.2, 0.25) is 0 Å². The number of fused-ring (bicyclic) bond motifs is 4. The summed E-state index contributed by atoms with van der Waals surface area (Å²) in [4.78, 5) is 22.2. The summed E-state index contributed by atoms with van der Waals surface area (Å²) in [5.74, 6) is 1.15. The van der Waals surface area contributed by atoms with E-state index in [1.54, 1.807) is 6.20 Å². The van der Waals surface area contributed by atoms with Gasteiger partial charge in [-0.05, 0) is 6.42 Å². The summed E-state index contributed by atoms with van der Waals surface area (Å²) in [6.07, 6.45) is 3.35. The number of carbonyl (C=O) groups excluding carboxylic acids is 1. The number of ketones is 1. The van der Waals surface area contributed by atoms with Crippen LogP contribution in [0.1, 0.15) is 30.4 Å². The zero-order valence-electron chi connectivity index (χ0n) is 9.23. The lowest BCUT2D eigenvalue weighted by Gasteiger charge is -2.27. The third kappa shape index (κ3) is 1.35. The predicted molar refractivity (Wildman–Crippen MR) is 60.9 cm³/mol. The molecule has 0 aliphatic carbocycles. The molecule has 5 nitrogen and oxygen atoms in total. The first-order valence-corrected chi connectivity index (χ1v) is 5.69. The van der Waals surface area contributed by atoms with Gasteiger partial charge in [0.05, 0.1) is 11.9 Å². The maximum Gasteiger partial charge on any atom is 0.199 e. The number of hydrogen-bond donors (Lipinski definition) is 1. The van der Waals surface area contributed by atoms with Crippen molar-refractivity contribution in [3.8, 4) is 0 Å². The van der Waals surface area contributed by atoms with Gasteiger partial charge in [0, 0.05) is 25.6 Å². The van der Waals surface area contributed by atoms with Crippen LogP contribution < -0.4 is 10.2 Å². The van der Waals surface area contributed by atoms with Crippen LogP contribution in [0.25, 0.3) is 0 Å². The summed E-state index contributed by atoms with van der Waals surface area (Å²) in [5, 5.41) is 3.36. The largest absolute Gasteiger partial charge is 0.365 e. The molecule has 2 aliphatic rings. The standard InChI is InChI=1S/C11H14N4O/c1-2-9(16)11-12-5-8-10(14-11)13-7-3-4-15(8)6-7/h5,7H,2-4,6H2,1H3,(H,12,13,14). The Kier molecular flexibility index (Phi) is 2.05. The van der Waals surface area contributed by atoms with E-state index in [4.69, 9.17) is 0 Å². The Morgan fingerprint density at radius 3 is 3.38 bits per heavy atom. The van der Waals surface area contributed by atoms with Crippen LogP contribution >= 0.6 is 0 Å². The number of nitrogens with one attached hydrogen (secondary N) is 1. The Balaban J connectivity index is 2.00. The molecule has 1 saturated heterocycles. The number of aromatic nitrogens is 2. The molecule has 1 aromatic heterocycles. The molecule has 0 amide bonds. The van der Waals surface area contributed by atoms with Crippen molar-refractivity contribution in [1.82, 2.24) is 9.97 Å². The average Bonchev–Trinajstić information content (AvgIpc) is 2.70. The number of nitrogens with zero attached hydrogens (tertiary/aromatic N) is 3. The molecule has 16 heavy (non-hydrogen) atoms. The van der Waals surface area contributed by atoms with Crippen LogP contribution in [0.3, 0.4) is 0 Å². The first kappa shape index (κ1) is 9.57. The first-order chi connectivity index (χ1) is 7.78. The fourth-order valence-electron chi connectivity index (χ4n) is 2.30. The van der Waals surface area contributed by atoms with Crippen molar-refractivity contribution in [3.63, 3.8) is 0 Å². The summed E-state index contributed by atoms with van der Waals surface area (Å²) >= 11 is 0. The number of rotatable bonds is 2. The van der Waals surface area contributed by atoms with Crippen LogP contribution in [0.15, 0.2) is 6.20 Å². The van der Waals surface area contributed by atoms with Crippen molar-refractivity contribution < 1.29 is 4.79 Å². The molecular weight excluding hydrogens is 204 g/mol. The maximum atomic E-state index is 11.5. The van der Waals surface area contributed by atoms with Crippen molar-refractivity contribution >= 4 is 17.3 Å². The van der Waals surface area contributed by atoms with E-state index in [9.17, 15) is 4.79 Å². The van der Waals surface area contributed by atoms with E-state index in [2.05, 4.69) is 20.2 Å². The Morgan fingerprint density at radius 2 is 2.56 bits per heavy atom. The second kappa shape index (κ2) is 3.43. The third-order valence-corrected chi connectivity index (χ3v) is 3.21. The second-order valence-corrected chi connectivity index (χ2v) is 4.28. The highest BCUT2D eigenvalue weighted by Gasteiger charge is 2.31. The summed E-state index contributed by atoms with van der Waals surface area (Å²) in [7, 11) is 0.